The molecule has 4 rings (SSSR count). The Morgan fingerprint density at radius 1 is 1.11 bits per heavy atom. The first-order valence-corrected chi connectivity index (χ1v) is 11.3. The molecule has 1 aromatic heterocycles. The van der Waals surface area contributed by atoms with E-state index in [0.717, 1.165) is 22.4 Å². The molecule has 146 valence electrons. The number of benzene rings is 2. The molecule has 1 atom stereocenters. The van der Waals surface area contributed by atoms with E-state index in [1.807, 2.05) is 59.2 Å². The molecule has 6 nitrogen and oxygen atoms in total. The van der Waals surface area contributed by atoms with Crippen LogP contribution in [-0.4, -0.2) is 35.4 Å². The van der Waals surface area contributed by atoms with Gasteiger partial charge in [-0.3, -0.25) is 4.79 Å². The second kappa shape index (κ2) is 7.75. The molecule has 1 fully saturated rings. The second-order valence-electron chi connectivity index (χ2n) is 7.34. The van der Waals surface area contributed by atoms with Gasteiger partial charge in [-0.2, -0.15) is 0 Å². The lowest BCUT2D eigenvalue weighted by Gasteiger charge is -2.12. The van der Waals surface area contributed by atoms with Crippen LogP contribution in [0, 0.1) is 5.92 Å². The molecule has 0 aliphatic carbocycles. The number of sulfone groups is 1. The summed E-state index contributed by atoms with van der Waals surface area (Å²) < 4.78 is 25.5. The number of carbonyl (C=O) groups excluding carboxylic acids is 1. The minimum Gasteiger partial charge on any atom is -0.350 e. The third-order valence-corrected chi connectivity index (χ3v) is 7.00. The predicted octanol–water partition coefficient (Wildman–Crippen LogP) is 2.33. The average Bonchev–Trinajstić information content (AvgIpc) is 3.20. The number of fused-ring (bicyclic) bond motifs is 1. The van der Waals surface area contributed by atoms with Gasteiger partial charge in [0.05, 0.1) is 22.5 Å². The zero-order valence-corrected chi connectivity index (χ0v) is 16.4. The molecule has 0 saturated carbocycles. The Morgan fingerprint density at radius 3 is 2.61 bits per heavy atom. The van der Waals surface area contributed by atoms with Crippen molar-refractivity contribution in [2.24, 2.45) is 5.92 Å². The molecule has 0 bridgehead atoms. The number of nitrogens with zero attached hydrogens (tertiary/aromatic N) is 2. The van der Waals surface area contributed by atoms with Crippen molar-refractivity contribution >= 4 is 26.8 Å². The molecule has 1 aliphatic heterocycles. The summed E-state index contributed by atoms with van der Waals surface area (Å²) in [5.41, 5.74) is 2.77. The van der Waals surface area contributed by atoms with Gasteiger partial charge in [0.2, 0.25) is 5.91 Å². The lowest BCUT2D eigenvalue weighted by molar-refractivity contribution is -0.121. The van der Waals surface area contributed by atoms with E-state index in [2.05, 4.69) is 10.3 Å². The maximum absolute atomic E-state index is 12.6. The first-order chi connectivity index (χ1) is 13.5. The number of imidazole rings is 1. The highest BCUT2D eigenvalue weighted by Crippen LogP contribution is 2.24. The Bertz CT molecular complexity index is 1090. The van der Waals surface area contributed by atoms with Crippen molar-refractivity contribution in [1.29, 1.82) is 0 Å². The maximum atomic E-state index is 12.6. The number of hydrogen-bond acceptors (Lipinski definition) is 4. The molecule has 1 amide bonds. The molecule has 0 unspecified atom stereocenters. The van der Waals surface area contributed by atoms with Crippen molar-refractivity contribution in [3.05, 3.63) is 66.0 Å². The monoisotopic (exact) mass is 397 g/mol. The van der Waals surface area contributed by atoms with Crippen molar-refractivity contribution in [3.8, 4) is 0 Å². The Balaban J connectivity index is 1.52. The summed E-state index contributed by atoms with van der Waals surface area (Å²) in [6.07, 6.45) is 1.23. The summed E-state index contributed by atoms with van der Waals surface area (Å²) in [6.45, 7) is 0.644. The van der Waals surface area contributed by atoms with Crippen molar-refractivity contribution < 1.29 is 13.2 Å². The fraction of sp³-hybridized carbons (Fsp3) is 0.333. The summed E-state index contributed by atoms with van der Waals surface area (Å²) in [5.74, 6) is 1.20. The topological polar surface area (TPSA) is 81.1 Å². The van der Waals surface area contributed by atoms with Crippen molar-refractivity contribution in [1.82, 2.24) is 14.9 Å². The van der Waals surface area contributed by atoms with Crippen LogP contribution in [0.1, 0.15) is 17.8 Å². The van der Waals surface area contributed by atoms with E-state index in [1.54, 1.807) is 0 Å². The minimum absolute atomic E-state index is 0.0629. The van der Waals surface area contributed by atoms with Gasteiger partial charge in [0.1, 0.15) is 12.4 Å². The van der Waals surface area contributed by atoms with Crippen LogP contribution in [0.2, 0.25) is 0 Å². The van der Waals surface area contributed by atoms with Gasteiger partial charge in [0.15, 0.2) is 9.84 Å². The lowest BCUT2D eigenvalue weighted by Crippen LogP contribution is -2.28. The fourth-order valence-electron chi connectivity index (χ4n) is 3.74. The van der Waals surface area contributed by atoms with Gasteiger partial charge in [-0.15, -0.1) is 0 Å². The molecule has 0 spiro atoms. The molecule has 1 aliphatic rings. The van der Waals surface area contributed by atoms with Crippen LogP contribution < -0.4 is 5.32 Å². The molecular weight excluding hydrogens is 374 g/mol. The van der Waals surface area contributed by atoms with Crippen LogP contribution in [0.25, 0.3) is 11.0 Å². The molecule has 2 heterocycles. The van der Waals surface area contributed by atoms with E-state index in [-0.39, 0.29) is 29.9 Å². The number of carbonyl (C=O) groups is 1. The van der Waals surface area contributed by atoms with Gasteiger partial charge in [-0.25, -0.2) is 13.4 Å². The van der Waals surface area contributed by atoms with E-state index in [4.69, 9.17) is 0 Å². The number of hydrogen-bond donors (Lipinski definition) is 1. The van der Waals surface area contributed by atoms with Gasteiger partial charge >= 0.3 is 0 Å². The number of nitrogens with one attached hydrogen (secondary N) is 1. The molecule has 28 heavy (non-hydrogen) atoms. The van der Waals surface area contributed by atoms with Crippen LogP contribution in [0.5, 0.6) is 0 Å². The summed E-state index contributed by atoms with van der Waals surface area (Å²) in [5, 5.41) is 2.95. The largest absolute Gasteiger partial charge is 0.350 e. The minimum atomic E-state index is -2.94. The zero-order chi connectivity index (χ0) is 19.6. The highest BCUT2D eigenvalue weighted by atomic mass is 32.2. The van der Waals surface area contributed by atoms with Crippen LogP contribution in [0.15, 0.2) is 54.6 Å². The third kappa shape index (κ3) is 4.25. The quantitative estimate of drug-likeness (QED) is 0.692. The Hall–Kier alpha value is -2.67. The third-order valence-electron chi connectivity index (χ3n) is 5.17. The lowest BCUT2D eigenvalue weighted by atomic mass is 10.1. The highest BCUT2D eigenvalue weighted by molar-refractivity contribution is 7.91. The highest BCUT2D eigenvalue weighted by Gasteiger charge is 2.29. The average molecular weight is 398 g/mol. The maximum Gasteiger partial charge on any atom is 0.240 e. The smallest absolute Gasteiger partial charge is 0.240 e. The second-order valence-corrected chi connectivity index (χ2v) is 9.57. The number of para-hydroxylation sites is 2. The predicted molar refractivity (Wildman–Crippen MR) is 108 cm³/mol. The normalized spacial score (nSPS) is 18.4. The number of amides is 1. The molecular formula is C21H23N3O3S. The van der Waals surface area contributed by atoms with Crippen molar-refractivity contribution in [2.75, 3.05) is 11.5 Å². The Morgan fingerprint density at radius 2 is 1.86 bits per heavy atom. The van der Waals surface area contributed by atoms with E-state index in [1.165, 1.54) is 0 Å². The molecule has 1 N–H and O–H groups in total. The molecule has 0 radical (unpaired) electrons. The van der Waals surface area contributed by atoms with Gasteiger partial charge in [0.25, 0.3) is 0 Å². The standard InChI is InChI=1S/C21H23N3O3S/c25-21(22-13-16-6-2-1-3-7-16)14-24-19-9-5-4-8-18(19)23-20(24)12-17-10-11-28(26,27)15-17/h1-9,17H,10-15H2,(H,22,25)/t17-/m0/s1. The molecule has 7 heteroatoms. The summed E-state index contributed by atoms with van der Waals surface area (Å²) in [6, 6.07) is 17.5. The SMILES string of the molecule is O=C(Cn1c(C[C@@H]2CCS(=O)(=O)C2)nc2ccccc21)NCc1ccccc1. The van der Waals surface area contributed by atoms with E-state index in [0.29, 0.717) is 19.4 Å². The summed E-state index contributed by atoms with van der Waals surface area (Å²) in [4.78, 5) is 17.2. The van der Waals surface area contributed by atoms with Crippen molar-refractivity contribution in [2.45, 2.75) is 25.9 Å². The first-order valence-electron chi connectivity index (χ1n) is 9.45. The Kier molecular flexibility index (Phi) is 5.17. The van der Waals surface area contributed by atoms with Crippen LogP contribution in [0.4, 0.5) is 0 Å². The molecule has 2 aromatic carbocycles. The summed E-state index contributed by atoms with van der Waals surface area (Å²) in [7, 11) is -2.94. The Labute approximate surface area is 164 Å². The van der Waals surface area contributed by atoms with Gasteiger partial charge in [0, 0.05) is 13.0 Å². The van der Waals surface area contributed by atoms with E-state index < -0.39 is 9.84 Å². The van der Waals surface area contributed by atoms with Gasteiger partial charge in [-0.1, -0.05) is 42.5 Å². The van der Waals surface area contributed by atoms with E-state index in [9.17, 15) is 13.2 Å². The van der Waals surface area contributed by atoms with E-state index >= 15 is 0 Å². The molecule has 1 saturated heterocycles. The van der Waals surface area contributed by atoms with Crippen LogP contribution >= 0.6 is 0 Å². The van der Waals surface area contributed by atoms with Crippen LogP contribution in [0.3, 0.4) is 0 Å². The summed E-state index contributed by atoms with van der Waals surface area (Å²) >= 11 is 0. The van der Waals surface area contributed by atoms with Crippen molar-refractivity contribution in [3.63, 3.8) is 0 Å². The van der Waals surface area contributed by atoms with Gasteiger partial charge in [-0.05, 0) is 30.0 Å². The number of rotatable bonds is 6. The van der Waals surface area contributed by atoms with Gasteiger partial charge < -0.3 is 9.88 Å². The van der Waals surface area contributed by atoms with Crippen LogP contribution in [-0.2, 0) is 34.1 Å². The number of aromatic nitrogens is 2. The fourth-order valence-corrected chi connectivity index (χ4v) is 5.61. The molecule has 3 aromatic rings. The zero-order valence-electron chi connectivity index (χ0n) is 15.5. The first kappa shape index (κ1) is 18.7.